The number of carbonyl (C=O) groups excluding carboxylic acids is 2. The number of rotatable bonds is 9. The standard InChI is InChI=1S/C22H25Cl2FN2O3/c1-4-14(2)26-22(29)15(3)27(12-16-5-6-17(23)11-20(16)24)21(28)13-30-19-9-7-18(25)8-10-19/h5-11,14-15H,4,12-13H2,1-3H3,(H,26,29)/t14-,15-/m0/s1. The van der Waals surface area contributed by atoms with Crippen molar-refractivity contribution in [3.05, 3.63) is 63.9 Å². The fraction of sp³-hybridized carbons (Fsp3) is 0.364. The van der Waals surface area contributed by atoms with Crippen molar-refractivity contribution in [3.8, 4) is 5.75 Å². The molecule has 0 heterocycles. The summed E-state index contributed by atoms with van der Waals surface area (Å²) in [5, 5.41) is 3.76. The van der Waals surface area contributed by atoms with Gasteiger partial charge in [-0.05, 0) is 62.2 Å². The van der Waals surface area contributed by atoms with Crippen LogP contribution in [0.5, 0.6) is 5.75 Å². The fourth-order valence-corrected chi connectivity index (χ4v) is 3.11. The number of benzene rings is 2. The third kappa shape index (κ3) is 6.89. The minimum Gasteiger partial charge on any atom is -0.484 e. The van der Waals surface area contributed by atoms with Crippen molar-refractivity contribution in [1.29, 1.82) is 0 Å². The van der Waals surface area contributed by atoms with Gasteiger partial charge in [-0.1, -0.05) is 36.2 Å². The van der Waals surface area contributed by atoms with Gasteiger partial charge >= 0.3 is 0 Å². The summed E-state index contributed by atoms with van der Waals surface area (Å²) in [6.07, 6.45) is 0.767. The van der Waals surface area contributed by atoms with Crippen LogP contribution in [0.3, 0.4) is 0 Å². The van der Waals surface area contributed by atoms with E-state index in [0.717, 1.165) is 6.42 Å². The zero-order valence-corrected chi connectivity index (χ0v) is 18.6. The average Bonchev–Trinajstić information content (AvgIpc) is 2.72. The number of ether oxygens (including phenoxy) is 1. The van der Waals surface area contributed by atoms with Gasteiger partial charge in [0.15, 0.2) is 6.61 Å². The van der Waals surface area contributed by atoms with E-state index in [4.69, 9.17) is 27.9 Å². The molecule has 0 spiro atoms. The van der Waals surface area contributed by atoms with E-state index in [0.29, 0.717) is 21.4 Å². The van der Waals surface area contributed by atoms with E-state index >= 15 is 0 Å². The summed E-state index contributed by atoms with van der Waals surface area (Å²) in [5.74, 6) is -0.726. The first-order valence-electron chi connectivity index (χ1n) is 9.63. The van der Waals surface area contributed by atoms with Crippen molar-refractivity contribution >= 4 is 35.0 Å². The van der Waals surface area contributed by atoms with Crippen LogP contribution in [0.25, 0.3) is 0 Å². The van der Waals surface area contributed by atoms with Crippen LogP contribution in [0.2, 0.25) is 10.0 Å². The van der Waals surface area contributed by atoms with Crippen LogP contribution in [0.15, 0.2) is 42.5 Å². The fourth-order valence-electron chi connectivity index (χ4n) is 2.64. The number of amides is 2. The number of hydrogen-bond donors (Lipinski definition) is 1. The largest absolute Gasteiger partial charge is 0.484 e. The van der Waals surface area contributed by atoms with Crippen molar-refractivity contribution in [2.24, 2.45) is 0 Å². The first-order valence-corrected chi connectivity index (χ1v) is 10.4. The van der Waals surface area contributed by atoms with Gasteiger partial charge in [0.05, 0.1) is 0 Å². The lowest BCUT2D eigenvalue weighted by molar-refractivity contribution is -0.142. The van der Waals surface area contributed by atoms with Crippen LogP contribution in [-0.2, 0) is 16.1 Å². The highest BCUT2D eigenvalue weighted by molar-refractivity contribution is 6.35. The number of nitrogens with one attached hydrogen (secondary N) is 1. The molecule has 8 heteroatoms. The zero-order chi connectivity index (χ0) is 22.3. The molecule has 0 aliphatic heterocycles. The number of carbonyl (C=O) groups is 2. The van der Waals surface area contributed by atoms with E-state index in [9.17, 15) is 14.0 Å². The topological polar surface area (TPSA) is 58.6 Å². The van der Waals surface area contributed by atoms with Crippen LogP contribution in [0.1, 0.15) is 32.8 Å². The molecule has 2 aromatic rings. The first kappa shape index (κ1) is 24.0. The third-order valence-electron chi connectivity index (χ3n) is 4.70. The van der Waals surface area contributed by atoms with E-state index in [1.807, 2.05) is 13.8 Å². The maximum Gasteiger partial charge on any atom is 0.261 e. The molecule has 0 aliphatic rings. The van der Waals surface area contributed by atoms with Gasteiger partial charge < -0.3 is 15.0 Å². The summed E-state index contributed by atoms with van der Waals surface area (Å²) >= 11 is 12.2. The molecule has 30 heavy (non-hydrogen) atoms. The Morgan fingerprint density at radius 2 is 1.80 bits per heavy atom. The number of hydrogen-bond acceptors (Lipinski definition) is 3. The lowest BCUT2D eigenvalue weighted by Gasteiger charge is -2.30. The monoisotopic (exact) mass is 454 g/mol. The molecule has 0 saturated heterocycles. The van der Waals surface area contributed by atoms with Crippen molar-refractivity contribution in [3.63, 3.8) is 0 Å². The van der Waals surface area contributed by atoms with Gasteiger partial charge in [0.25, 0.3) is 5.91 Å². The maximum absolute atomic E-state index is 13.1. The Kier molecular flexibility index (Phi) is 8.93. The van der Waals surface area contributed by atoms with E-state index < -0.39 is 17.8 Å². The van der Waals surface area contributed by atoms with E-state index in [1.165, 1.54) is 29.2 Å². The van der Waals surface area contributed by atoms with Gasteiger partial charge in [0.1, 0.15) is 17.6 Å². The minimum atomic E-state index is -0.755. The predicted octanol–water partition coefficient (Wildman–Crippen LogP) is 4.84. The van der Waals surface area contributed by atoms with Crippen LogP contribution in [0.4, 0.5) is 4.39 Å². The Hall–Kier alpha value is -2.31. The molecule has 2 amide bonds. The van der Waals surface area contributed by atoms with Crippen LogP contribution in [0, 0.1) is 5.82 Å². The van der Waals surface area contributed by atoms with Gasteiger partial charge in [0.2, 0.25) is 5.91 Å². The molecule has 0 bridgehead atoms. The van der Waals surface area contributed by atoms with Crippen LogP contribution < -0.4 is 10.1 Å². The number of nitrogens with zero attached hydrogens (tertiary/aromatic N) is 1. The van der Waals surface area contributed by atoms with Crippen molar-refractivity contribution in [2.75, 3.05) is 6.61 Å². The van der Waals surface area contributed by atoms with E-state index in [1.54, 1.807) is 25.1 Å². The van der Waals surface area contributed by atoms with Gasteiger partial charge in [0, 0.05) is 22.6 Å². The normalized spacial score (nSPS) is 12.7. The molecule has 0 unspecified atom stereocenters. The molecule has 0 saturated carbocycles. The van der Waals surface area contributed by atoms with Gasteiger partial charge in [-0.3, -0.25) is 9.59 Å². The molecule has 0 aromatic heterocycles. The smallest absolute Gasteiger partial charge is 0.261 e. The van der Waals surface area contributed by atoms with Crippen LogP contribution in [-0.4, -0.2) is 35.4 Å². The average molecular weight is 455 g/mol. The third-order valence-corrected chi connectivity index (χ3v) is 5.29. The lowest BCUT2D eigenvalue weighted by Crippen LogP contribution is -2.50. The van der Waals surface area contributed by atoms with E-state index in [2.05, 4.69) is 5.32 Å². The SMILES string of the molecule is CC[C@H](C)NC(=O)[C@H](C)N(Cc1ccc(Cl)cc1Cl)C(=O)COc1ccc(F)cc1. The van der Waals surface area contributed by atoms with Gasteiger partial charge in [-0.2, -0.15) is 0 Å². The Morgan fingerprint density at radius 1 is 1.13 bits per heavy atom. The van der Waals surface area contributed by atoms with Crippen LogP contribution >= 0.6 is 23.2 Å². The maximum atomic E-state index is 13.1. The molecule has 0 radical (unpaired) electrons. The molecule has 0 fully saturated rings. The van der Waals surface area contributed by atoms with Crippen molar-refractivity contribution < 1.29 is 18.7 Å². The summed E-state index contributed by atoms with van der Waals surface area (Å²) < 4.78 is 18.5. The molecule has 2 aromatic carbocycles. The van der Waals surface area contributed by atoms with Crippen molar-refractivity contribution in [1.82, 2.24) is 10.2 Å². The summed E-state index contributed by atoms with van der Waals surface area (Å²) in [5.41, 5.74) is 0.652. The summed E-state index contributed by atoms with van der Waals surface area (Å²) in [7, 11) is 0. The summed E-state index contributed by atoms with van der Waals surface area (Å²) in [6.45, 7) is 5.30. The van der Waals surface area contributed by atoms with Crippen molar-refractivity contribution in [2.45, 2.75) is 45.8 Å². The number of halogens is 3. The summed E-state index contributed by atoms with van der Waals surface area (Å²) in [4.78, 5) is 27.0. The highest BCUT2D eigenvalue weighted by Gasteiger charge is 2.27. The molecular formula is C22H25Cl2FN2O3. The second-order valence-electron chi connectivity index (χ2n) is 6.99. The van der Waals surface area contributed by atoms with Gasteiger partial charge in [-0.15, -0.1) is 0 Å². The molecular weight excluding hydrogens is 430 g/mol. The first-order chi connectivity index (χ1) is 14.2. The Bertz CT molecular complexity index is 877. The Balaban J connectivity index is 2.18. The molecule has 5 nitrogen and oxygen atoms in total. The highest BCUT2D eigenvalue weighted by atomic mass is 35.5. The van der Waals surface area contributed by atoms with Gasteiger partial charge in [-0.25, -0.2) is 4.39 Å². The molecule has 162 valence electrons. The Morgan fingerprint density at radius 3 is 2.40 bits per heavy atom. The molecule has 1 N–H and O–H groups in total. The summed E-state index contributed by atoms with van der Waals surface area (Å²) in [6, 6.07) is 9.54. The molecule has 2 atom stereocenters. The quantitative estimate of drug-likeness (QED) is 0.589. The zero-order valence-electron chi connectivity index (χ0n) is 17.1. The van der Waals surface area contributed by atoms with E-state index in [-0.39, 0.29) is 25.1 Å². The lowest BCUT2D eigenvalue weighted by atomic mass is 10.1. The predicted molar refractivity (Wildman–Crippen MR) is 116 cm³/mol. The molecule has 2 rings (SSSR count). The Labute approximate surface area is 186 Å². The molecule has 0 aliphatic carbocycles. The highest BCUT2D eigenvalue weighted by Crippen LogP contribution is 2.23. The second kappa shape index (κ2) is 11.2. The second-order valence-corrected chi connectivity index (χ2v) is 7.84. The minimum absolute atomic E-state index is 0.0218.